The Morgan fingerprint density at radius 3 is 2.53 bits per heavy atom. The highest BCUT2D eigenvalue weighted by Gasteiger charge is 2.53. The molecule has 1 saturated carbocycles. The highest BCUT2D eigenvalue weighted by atomic mass is 16.7. The molecule has 0 unspecified atom stereocenters. The number of fused-ring (bicyclic) bond motifs is 1. The highest BCUT2D eigenvalue weighted by Crippen LogP contribution is 2.49. The van der Waals surface area contributed by atoms with Gasteiger partial charge in [0.05, 0.1) is 24.3 Å². The second-order valence-electron chi connectivity index (χ2n) is 8.33. The van der Waals surface area contributed by atoms with Gasteiger partial charge < -0.3 is 29.0 Å². The third kappa shape index (κ3) is 3.36. The molecule has 0 atom stereocenters. The highest BCUT2D eigenvalue weighted by molar-refractivity contribution is 6.01. The standard InChI is InChI=1S/C24H23N3O5/c28-23(25-17-2-4-18(5-3-17)27-9-11-29-12-10-27)24(7-8-24)22-14-20(32-26-22)16-1-6-19-21(13-16)31-15-30-19/h1-6,13-14H,7-12,15H2,(H,25,28). The summed E-state index contributed by atoms with van der Waals surface area (Å²) in [5, 5.41) is 7.29. The normalized spacial score (nSPS) is 18.4. The molecule has 3 heterocycles. The summed E-state index contributed by atoms with van der Waals surface area (Å²) in [6.45, 7) is 3.47. The Bertz CT molecular complexity index is 1150. The molecule has 1 saturated heterocycles. The van der Waals surface area contributed by atoms with E-state index in [1.165, 1.54) is 0 Å². The van der Waals surface area contributed by atoms with Crippen molar-refractivity contribution in [3.63, 3.8) is 0 Å². The van der Waals surface area contributed by atoms with Crippen LogP contribution in [-0.2, 0) is 14.9 Å². The lowest BCUT2D eigenvalue weighted by atomic mass is 10.00. The number of carbonyl (C=O) groups excluding carboxylic acids is 1. The second-order valence-corrected chi connectivity index (χ2v) is 8.33. The average Bonchev–Trinajstić information content (AvgIpc) is 3.27. The van der Waals surface area contributed by atoms with Gasteiger partial charge in [0.15, 0.2) is 17.3 Å². The number of anilines is 2. The predicted octanol–water partition coefficient (Wildman–Crippen LogP) is 3.58. The molecule has 3 aliphatic rings. The van der Waals surface area contributed by atoms with Crippen molar-refractivity contribution in [2.45, 2.75) is 18.3 Å². The number of nitrogens with one attached hydrogen (secondary N) is 1. The zero-order valence-electron chi connectivity index (χ0n) is 17.5. The Morgan fingerprint density at radius 1 is 0.969 bits per heavy atom. The Labute approximate surface area is 185 Å². The molecule has 0 radical (unpaired) electrons. The van der Waals surface area contributed by atoms with Crippen LogP contribution in [0.5, 0.6) is 11.5 Å². The van der Waals surface area contributed by atoms with Crippen LogP contribution in [0.25, 0.3) is 11.3 Å². The summed E-state index contributed by atoms with van der Waals surface area (Å²) in [6, 6.07) is 15.4. The van der Waals surface area contributed by atoms with E-state index in [-0.39, 0.29) is 12.7 Å². The summed E-state index contributed by atoms with van der Waals surface area (Å²) in [7, 11) is 0. The van der Waals surface area contributed by atoms with Gasteiger partial charge in [-0.2, -0.15) is 0 Å². The van der Waals surface area contributed by atoms with Crippen molar-refractivity contribution in [1.82, 2.24) is 5.16 Å². The van der Waals surface area contributed by atoms with E-state index in [0.29, 0.717) is 23.0 Å². The van der Waals surface area contributed by atoms with E-state index in [1.807, 2.05) is 48.5 Å². The molecule has 1 aliphatic carbocycles. The van der Waals surface area contributed by atoms with Crippen molar-refractivity contribution in [3.05, 3.63) is 54.2 Å². The van der Waals surface area contributed by atoms with Crippen LogP contribution in [-0.4, -0.2) is 44.2 Å². The van der Waals surface area contributed by atoms with Gasteiger partial charge in [0.1, 0.15) is 0 Å². The maximum absolute atomic E-state index is 13.1. The number of hydrogen-bond donors (Lipinski definition) is 1. The smallest absolute Gasteiger partial charge is 0.236 e. The maximum atomic E-state index is 13.1. The van der Waals surface area contributed by atoms with Gasteiger partial charge in [-0.15, -0.1) is 0 Å². The van der Waals surface area contributed by atoms with Gasteiger partial charge >= 0.3 is 0 Å². The Balaban J connectivity index is 1.16. The van der Waals surface area contributed by atoms with Crippen LogP contribution in [0.3, 0.4) is 0 Å². The molecule has 6 rings (SSSR count). The number of nitrogens with zero attached hydrogens (tertiary/aromatic N) is 2. The fourth-order valence-electron chi connectivity index (χ4n) is 4.24. The molecular formula is C24H23N3O5. The molecule has 8 heteroatoms. The first-order chi connectivity index (χ1) is 15.7. The maximum Gasteiger partial charge on any atom is 0.236 e. The van der Waals surface area contributed by atoms with Gasteiger partial charge in [0.25, 0.3) is 0 Å². The fraction of sp³-hybridized carbons (Fsp3) is 0.333. The molecule has 2 aliphatic heterocycles. The van der Waals surface area contributed by atoms with E-state index in [0.717, 1.165) is 56.1 Å². The number of hydrogen-bond acceptors (Lipinski definition) is 7. The van der Waals surface area contributed by atoms with Crippen molar-refractivity contribution in [1.29, 1.82) is 0 Å². The summed E-state index contributed by atoms with van der Waals surface area (Å²) in [5.74, 6) is 1.94. The summed E-state index contributed by atoms with van der Waals surface area (Å²) in [5.41, 5.74) is 2.77. The lowest BCUT2D eigenvalue weighted by Gasteiger charge is -2.29. The molecule has 0 bridgehead atoms. The summed E-state index contributed by atoms with van der Waals surface area (Å²) in [6.07, 6.45) is 1.50. The SMILES string of the molecule is O=C(Nc1ccc(N2CCOCC2)cc1)C1(c2cc(-c3ccc4c(c3)OCO4)on2)CC1. The average molecular weight is 433 g/mol. The zero-order valence-corrected chi connectivity index (χ0v) is 17.5. The third-order valence-electron chi connectivity index (χ3n) is 6.34. The largest absolute Gasteiger partial charge is 0.454 e. The van der Waals surface area contributed by atoms with Gasteiger partial charge in [0, 0.05) is 36.1 Å². The van der Waals surface area contributed by atoms with Crippen LogP contribution < -0.4 is 19.7 Å². The third-order valence-corrected chi connectivity index (χ3v) is 6.34. The molecule has 164 valence electrons. The van der Waals surface area contributed by atoms with Gasteiger partial charge in [-0.25, -0.2) is 0 Å². The van der Waals surface area contributed by atoms with E-state index in [2.05, 4.69) is 15.4 Å². The molecule has 1 amide bonds. The monoisotopic (exact) mass is 433 g/mol. The number of morpholine rings is 1. The lowest BCUT2D eigenvalue weighted by molar-refractivity contribution is -0.118. The summed E-state index contributed by atoms with van der Waals surface area (Å²) < 4.78 is 21.8. The van der Waals surface area contributed by atoms with Gasteiger partial charge in [-0.3, -0.25) is 4.79 Å². The summed E-state index contributed by atoms with van der Waals surface area (Å²) >= 11 is 0. The van der Waals surface area contributed by atoms with Gasteiger partial charge in [-0.05, 0) is 55.3 Å². The Kier molecular flexibility index (Phi) is 4.53. The first-order valence-electron chi connectivity index (χ1n) is 10.8. The topological polar surface area (TPSA) is 86.1 Å². The van der Waals surface area contributed by atoms with E-state index in [1.54, 1.807) is 0 Å². The van der Waals surface area contributed by atoms with Crippen molar-refractivity contribution < 1.29 is 23.5 Å². The van der Waals surface area contributed by atoms with Gasteiger partial charge in [0.2, 0.25) is 12.7 Å². The van der Waals surface area contributed by atoms with Crippen LogP contribution >= 0.6 is 0 Å². The van der Waals surface area contributed by atoms with Crippen molar-refractivity contribution in [2.75, 3.05) is 43.3 Å². The van der Waals surface area contributed by atoms with Gasteiger partial charge in [-0.1, -0.05) is 5.16 Å². The second kappa shape index (κ2) is 7.56. The van der Waals surface area contributed by atoms with Crippen LogP contribution in [0.4, 0.5) is 11.4 Å². The molecule has 32 heavy (non-hydrogen) atoms. The molecular weight excluding hydrogens is 410 g/mol. The van der Waals surface area contributed by atoms with E-state index < -0.39 is 5.41 Å². The minimum Gasteiger partial charge on any atom is -0.454 e. The zero-order chi connectivity index (χ0) is 21.5. The Morgan fingerprint density at radius 2 is 1.75 bits per heavy atom. The first-order valence-corrected chi connectivity index (χ1v) is 10.8. The molecule has 1 aromatic heterocycles. The van der Waals surface area contributed by atoms with Crippen molar-refractivity contribution in [3.8, 4) is 22.8 Å². The molecule has 0 spiro atoms. The minimum absolute atomic E-state index is 0.0536. The number of amides is 1. The minimum atomic E-state index is -0.638. The number of benzene rings is 2. The van der Waals surface area contributed by atoms with E-state index >= 15 is 0 Å². The first kappa shape index (κ1) is 19.2. The fourth-order valence-corrected chi connectivity index (χ4v) is 4.24. The van der Waals surface area contributed by atoms with Crippen molar-refractivity contribution >= 4 is 17.3 Å². The van der Waals surface area contributed by atoms with Crippen LogP contribution in [0.2, 0.25) is 0 Å². The molecule has 3 aromatic rings. The lowest BCUT2D eigenvalue weighted by Crippen LogP contribution is -2.36. The van der Waals surface area contributed by atoms with E-state index in [4.69, 9.17) is 18.7 Å². The quantitative estimate of drug-likeness (QED) is 0.658. The Hall–Kier alpha value is -3.52. The predicted molar refractivity (Wildman–Crippen MR) is 117 cm³/mol. The number of rotatable bonds is 5. The molecule has 2 aromatic carbocycles. The van der Waals surface area contributed by atoms with Crippen LogP contribution in [0, 0.1) is 0 Å². The molecule has 8 nitrogen and oxygen atoms in total. The van der Waals surface area contributed by atoms with Crippen LogP contribution in [0.15, 0.2) is 53.1 Å². The molecule has 2 fully saturated rings. The number of carbonyl (C=O) groups is 1. The number of aromatic nitrogens is 1. The van der Waals surface area contributed by atoms with Crippen molar-refractivity contribution in [2.24, 2.45) is 0 Å². The molecule has 1 N–H and O–H groups in total. The number of ether oxygens (including phenoxy) is 3. The van der Waals surface area contributed by atoms with E-state index in [9.17, 15) is 4.79 Å². The van der Waals surface area contributed by atoms with Crippen LogP contribution in [0.1, 0.15) is 18.5 Å². The summed E-state index contributed by atoms with van der Waals surface area (Å²) in [4.78, 5) is 15.4.